The number of thioether (sulfide) groups is 1. The van der Waals surface area contributed by atoms with Crippen LogP contribution in [-0.2, 0) is 0 Å². The van der Waals surface area contributed by atoms with Crippen LogP contribution in [0, 0.1) is 5.82 Å². The van der Waals surface area contributed by atoms with Crippen LogP contribution in [0.1, 0.15) is 0 Å². The van der Waals surface area contributed by atoms with Crippen molar-refractivity contribution in [2.24, 2.45) is 0 Å². The molecule has 5 nitrogen and oxygen atoms in total. The zero-order chi connectivity index (χ0) is 18.4. The number of benzene rings is 2. The van der Waals surface area contributed by atoms with Crippen LogP contribution in [-0.4, -0.2) is 29.0 Å². The molecule has 0 spiro atoms. The third kappa shape index (κ3) is 4.43. The van der Waals surface area contributed by atoms with Gasteiger partial charge in [-0.1, -0.05) is 30.0 Å². The van der Waals surface area contributed by atoms with Crippen LogP contribution < -0.4 is 15.0 Å². The summed E-state index contributed by atoms with van der Waals surface area (Å²) in [5.41, 5.74) is 0.252. The van der Waals surface area contributed by atoms with Gasteiger partial charge in [0.25, 0.3) is 5.56 Å². The average molecular weight is 372 g/mol. The van der Waals surface area contributed by atoms with Crippen LogP contribution in [0.25, 0.3) is 5.69 Å². The van der Waals surface area contributed by atoms with E-state index in [2.05, 4.69) is 4.98 Å². The first-order chi connectivity index (χ1) is 12.7. The largest absolute Gasteiger partial charge is 0.490 e. The van der Waals surface area contributed by atoms with Gasteiger partial charge in [-0.05, 0) is 42.7 Å². The van der Waals surface area contributed by atoms with Gasteiger partial charge >= 0.3 is 0 Å². The summed E-state index contributed by atoms with van der Waals surface area (Å²) >= 11 is 1.31. The fourth-order valence-corrected chi connectivity index (χ4v) is 2.86. The molecule has 1 heterocycles. The fraction of sp³-hybridized carbons (Fsp3) is 0.158. The van der Waals surface area contributed by atoms with E-state index >= 15 is 0 Å². The Bertz CT molecular complexity index is 914. The van der Waals surface area contributed by atoms with E-state index in [1.165, 1.54) is 46.7 Å². The van der Waals surface area contributed by atoms with Crippen molar-refractivity contribution in [3.8, 4) is 17.3 Å². The minimum absolute atomic E-state index is 0.231. The molecule has 7 heteroatoms. The zero-order valence-electron chi connectivity index (χ0n) is 14.1. The second kappa shape index (κ2) is 8.53. The first kappa shape index (κ1) is 18.0. The van der Waals surface area contributed by atoms with Crippen molar-refractivity contribution < 1.29 is 13.9 Å². The van der Waals surface area contributed by atoms with E-state index < -0.39 is 0 Å². The summed E-state index contributed by atoms with van der Waals surface area (Å²) in [6, 6.07) is 16.4. The molecule has 3 aromatic rings. The minimum atomic E-state index is -0.362. The van der Waals surface area contributed by atoms with Crippen LogP contribution in [0.4, 0.5) is 4.39 Å². The molecule has 0 saturated carbocycles. The van der Waals surface area contributed by atoms with E-state index in [1.54, 1.807) is 0 Å². The normalized spacial score (nSPS) is 10.5. The SMILES string of the molecule is CSc1nc(OCCOc2ccccc2)cc(=O)n1-c1ccc(F)cc1. The van der Waals surface area contributed by atoms with E-state index in [0.29, 0.717) is 17.5 Å². The lowest BCUT2D eigenvalue weighted by molar-refractivity contribution is 0.210. The number of ether oxygens (including phenoxy) is 2. The lowest BCUT2D eigenvalue weighted by Gasteiger charge is -2.12. The first-order valence-corrected chi connectivity index (χ1v) is 9.14. The van der Waals surface area contributed by atoms with Crippen molar-refractivity contribution in [1.82, 2.24) is 9.55 Å². The average Bonchev–Trinajstić information content (AvgIpc) is 2.66. The number of hydrogen-bond donors (Lipinski definition) is 0. The molecule has 0 unspecified atom stereocenters. The van der Waals surface area contributed by atoms with Crippen molar-refractivity contribution in [1.29, 1.82) is 0 Å². The zero-order valence-corrected chi connectivity index (χ0v) is 14.9. The van der Waals surface area contributed by atoms with Crippen molar-refractivity contribution >= 4 is 11.8 Å². The smallest absolute Gasteiger partial charge is 0.262 e. The predicted octanol–water partition coefficient (Wildman–Crippen LogP) is 3.55. The van der Waals surface area contributed by atoms with Crippen molar-refractivity contribution in [2.45, 2.75) is 5.16 Å². The van der Waals surface area contributed by atoms with Gasteiger partial charge < -0.3 is 9.47 Å². The van der Waals surface area contributed by atoms with Gasteiger partial charge in [-0.2, -0.15) is 4.98 Å². The molecule has 0 aliphatic rings. The van der Waals surface area contributed by atoms with Gasteiger partial charge in [0.05, 0.1) is 11.8 Å². The third-order valence-electron chi connectivity index (χ3n) is 3.48. The summed E-state index contributed by atoms with van der Waals surface area (Å²) < 4.78 is 25.6. The summed E-state index contributed by atoms with van der Waals surface area (Å²) in [6.07, 6.45) is 1.81. The van der Waals surface area contributed by atoms with E-state index in [9.17, 15) is 9.18 Å². The number of rotatable bonds is 7. The lowest BCUT2D eigenvalue weighted by Crippen LogP contribution is -2.21. The second-order valence-corrected chi connectivity index (χ2v) is 6.01. The van der Waals surface area contributed by atoms with E-state index in [4.69, 9.17) is 9.47 Å². The van der Waals surface area contributed by atoms with Crippen LogP contribution in [0.3, 0.4) is 0 Å². The van der Waals surface area contributed by atoms with Gasteiger partial charge in [-0.25, -0.2) is 4.39 Å². The lowest BCUT2D eigenvalue weighted by atomic mass is 10.3. The summed E-state index contributed by atoms with van der Waals surface area (Å²) in [5, 5.41) is 0.461. The molecule has 2 aromatic carbocycles. The Morgan fingerprint density at radius 2 is 1.73 bits per heavy atom. The first-order valence-electron chi connectivity index (χ1n) is 7.92. The van der Waals surface area contributed by atoms with Crippen molar-refractivity contribution in [2.75, 3.05) is 19.5 Å². The molecule has 0 aliphatic carbocycles. The van der Waals surface area contributed by atoms with Gasteiger partial charge in [0.15, 0.2) is 5.16 Å². The van der Waals surface area contributed by atoms with Crippen LogP contribution in [0.5, 0.6) is 11.6 Å². The number of hydrogen-bond acceptors (Lipinski definition) is 5. The molecule has 0 N–H and O–H groups in total. The Balaban J connectivity index is 1.70. The molecule has 0 bridgehead atoms. The Kier molecular flexibility index (Phi) is 5.91. The van der Waals surface area contributed by atoms with Crippen molar-refractivity contribution in [3.05, 3.63) is 76.8 Å². The van der Waals surface area contributed by atoms with Gasteiger partial charge in [0.2, 0.25) is 5.88 Å². The highest BCUT2D eigenvalue weighted by atomic mass is 32.2. The Labute approximate surface area is 154 Å². The maximum absolute atomic E-state index is 13.1. The number of aromatic nitrogens is 2. The summed E-state index contributed by atoms with van der Waals surface area (Å²) in [4.78, 5) is 16.8. The van der Waals surface area contributed by atoms with Crippen LogP contribution in [0.15, 0.2) is 70.6 Å². The molecule has 0 aliphatic heterocycles. The quantitative estimate of drug-likeness (QED) is 0.361. The minimum Gasteiger partial charge on any atom is -0.490 e. The highest BCUT2D eigenvalue weighted by Crippen LogP contribution is 2.18. The van der Waals surface area contributed by atoms with Gasteiger partial charge in [-0.15, -0.1) is 0 Å². The molecular weight excluding hydrogens is 355 g/mol. The topological polar surface area (TPSA) is 53.4 Å². The Morgan fingerprint density at radius 1 is 1.04 bits per heavy atom. The number of nitrogens with zero attached hydrogens (tertiary/aromatic N) is 2. The fourth-order valence-electron chi connectivity index (χ4n) is 2.30. The highest BCUT2D eigenvalue weighted by molar-refractivity contribution is 7.98. The molecule has 0 saturated heterocycles. The highest BCUT2D eigenvalue weighted by Gasteiger charge is 2.11. The molecule has 1 aromatic heterocycles. The van der Waals surface area contributed by atoms with Crippen LogP contribution >= 0.6 is 11.8 Å². The maximum atomic E-state index is 13.1. The van der Waals surface area contributed by atoms with Gasteiger partial charge in [-0.3, -0.25) is 9.36 Å². The number of para-hydroxylation sites is 1. The molecular formula is C19H17FN2O3S. The Hall–Kier alpha value is -2.80. The molecule has 134 valence electrons. The summed E-state index contributed by atoms with van der Waals surface area (Å²) in [7, 11) is 0. The molecule has 0 amide bonds. The predicted molar refractivity (Wildman–Crippen MR) is 99.0 cm³/mol. The van der Waals surface area contributed by atoms with E-state index in [-0.39, 0.29) is 23.9 Å². The van der Waals surface area contributed by atoms with Crippen LogP contribution in [0.2, 0.25) is 0 Å². The molecule has 0 radical (unpaired) electrons. The van der Waals surface area contributed by atoms with Crippen molar-refractivity contribution in [3.63, 3.8) is 0 Å². The van der Waals surface area contributed by atoms with Gasteiger partial charge in [0.1, 0.15) is 24.8 Å². The monoisotopic (exact) mass is 372 g/mol. The molecule has 26 heavy (non-hydrogen) atoms. The van der Waals surface area contributed by atoms with E-state index in [1.807, 2.05) is 36.6 Å². The number of halogens is 1. The summed E-state index contributed by atoms with van der Waals surface area (Å²) in [6.45, 7) is 0.594. The third-order valence-corrected chi connectivity index (χ3v) is 4.12. The van der Waals surface area contributed by atoms with E-state index in [0.717, 1.165) is 5.75 Å². The molecule has 0 fully saturated rings. The van der Waals surface area contributed by atoms with Gasteiger partial charge in [0, 0.05) is 0 Å². The maximum Gasteiger partial charge on any atom is 0.262 e. The molecule has 0 atom stereocenters. The second-order valence-electron chi connectivity index (χ2n) is 5.24. The Morgan fingerprint density at radius 3 is 2.42 bits per heavy atom. The summed E-state index contributed by atoms with van der Waals surface area (Å²) in [5.74, 6) is 0.619. The standard InChI is InChI=1S/C19H17FN2O3S/c1-26-19-21-17(25-12-11-24-16-5-3-2-4-6-16)13-18(23)22(19)15-9-7-14(20)8-10-15/h2-10,13H,11-12H2,1H3. The molecule has 3 rings (SSSR count).